The van der Waals surface area contributed by atoms with Crippen LogP contribution in [0.5, 0.6) is 0 Å². The van der Waals surface area contributed by atoms with Gasteiger partial charge in [-0.05, 0) is 63.2 Å². The van der Waals surface area contributed by atoms with E-state index in [-0.39, 0.29) is 22.7 Å². The number of aldehydes is 1. The largest absolute Gasteiger partial charge is 0.375 e. The molecule has 0 spiro atoms. The molecule has 0 N–H and O–H groups in total. The Labute approximate surface area is 160 Å². The van der Waals surface area contributed by atoms with E-state index in [1.807, 2.05) is 0 Å². The summed E-state index contributed by atoms with van der Waals surface area (Å²) >= 11 is 0. The van der Waals surface area contributed by atoms with E-state index in [4.69, 9.17) is 4.74 Å². The summed E-state index contributed by atoms with van der Waals surface area (Å²) in [6, 6.07) is 0. The highest BCUT2D eigenvalue weighted by Gasteiger charge is 2.47. The molecular formula is C23H40O3. The average molecular weight is 365 g/mol. The van der Waals surface area contributed by atoms with Crippen molar-refractivity contribution in [1.29, 1.82) is 0 Å². The van der Waals surface area contributed by atoms with Gasteiger partial charge in [-0.3, -0.25) is 4.79 Å². The number of ether oxygens (including phenoxy) is 1. The Morgan fingerprint density at radius 2 is 1.38 bits per heavy atom. The maximum atomic E-state index is 13.3. The smallest absolute Gasteiger partial charge is 0.142 e. The molecule has 2 rings (SSSR count). The Morgan fingerprint density at radius 1 is 0.885 bits per heavy atom. The van der Waals surface area contributed by atoms with Gasteiger partial charge in [-0.25, -0.2) is 0 Å². The molecule has 1 atom stereocenters. The quantitative estimate of drug-likeness (QED) is 0.516. The van der Waals surface area contributed by atoms with E-state index in [0.29, 0.717) is 18.0 Å². The number of ketones is 1. The van der Waals surface area contributed by atoms with Crippen LogP contribution in [0.1, 0.15) is 98.8 Å². The summed E-state index contributed by atoms with van der Waals surface area (Å²) < 4.78 is 6.33. The van der Waals surface area contributed by atoms with Crippen LogP contribution in [-0.4, -0.2) is 24.3 Å². The van der Waals surface area contributed by atoms with Crippen LogP contribution in [0.3, 0.4) is 0 Å². The fraction of sp³-hybridized carbons (Fsp3) is 0.913. The van der Waals surface area contributed by atoms with E-state index in [1.165, 1.54) is 0 Å². The lowest BCUT2D eigenvalue weighted by Crippen LogP contribution is -2.45. The van der Waals surface area contributed by atoms with Crippen molar-refractivity contribution in [1.82, 2.24) is 0 Å². The Balaban J connectivity index is 1.86. The van der Waals surface area contributed by atoms with Crippen LogP contribution in [0.15, 0.2) is 0 Å². The third kappa shape index (κ3) is 4.58. The summed E-state index contributed by atoms with van der Waals surface area (Å²) in [7, 11) is 0. The summed E-state index contributed by atoms with van der Waals surface area (Å²) in [6.45, 7) is 11.1. The van der Waals surface area contributed by atoms with Crippen LogP contribution in [0.25, 0.3) is 0 Å². The predicted molar refractivity (Wildman–Crippen MR) is 106 cm³/mol. The molecule has 2 fully saturated rings. The average Bonchev–Trinajstić information content (AvgIpc) is 2.67. The molecule has 0 aromatic rings. The minimum atomic E-state index is -0.229. The van der Waals surface area contributed by atoms with E-state index < -0.39 is 0 Å². The summed E-state index contributed by atoms with van der Waals surface area (Å²) in [6.07, 6.45) is 11.6. The summed E-state index contributed by atoms with van der Waals surface area (Å²) in [5, 5.41) is 0. The zero-order chi connectivity index (χ0) is 19.4. The third-order valence-electron chi connectivity index (χ3n) is 7.97. The molecule has 150 valence electrons. The molecule has 2 aliphatic carbocycles. The molecule has 0 aromatic carbocycles. The van der Waals surface area contributed by atoms with E-state index in [2.05, 4.69) is 34.6 Å². The van der Waals surface area contributed by atoms with Crippen LogP contribution >= 0.6 is 0 Å². The monoisotopic (exact) mass is 364 g/mol. The fourth-order valence-electron chi connectivity index (χ4n) is 4.92. The van der Waals surface area contributed by atoms with Gasteiger partial charge in [0.2, 0.25) is 0 Å². The highest BCUT2D eigenvalue weighted by molar-refractivity contribution is 5.87. The number of carbonyl (C=O) groups excluding carboxylic acids is 2. The van der Waals surface area contributed by atoms with E-state index in [9.17, 15) is 9.59 Å². The molecule has 2 saturated carbocycles. The van der Waals surface area contributed by atoms with Crippen LogP contribution in [0, 0.1) is 22.7 Å². The second kappa shape index (κ2) is 8.99. The van der Waals surface area contributed by atoms with Crippen molar-refractivity contribution in [2.24, 2.45) is 22.7 Å². The zero-order valence-electron chi connectivity index (χ0n) is 17.7. The lowest BCUT2D eigenvalue weighted by Gasteiger charge is -2.45. The van der Waals surface area contributed by atoms with Gasteiger partial charge in [0, 0.05) is 17.3 Å². The van der Waals surface area contributed by atoms with Crippen molar-refractivity contribution in [3.63, 3.8) is 0 Å². The van der Waals surface area contributed by atoms with Gasteiger partial charge in [0.1, 0.15) is 12.1 Å². The van der Waals surface area contributed by atoms with Crippen molar-refractivity contribution < 1.29 is 14.3 Å². The van der Waals surface area contributed by atoms with Gasteiger partial charge in [0.15, 0.2) is 0 Å². The molecule has 0 amide bonds. The van der Waals surface area contributed by atoms with Crippen LogP contribution < -0.4 is 0 Å². The summed E-state index contributed by atoms with van der Waals surface area (Å²) in [4.78, 5) is 24.2. The lowest BCUT2D eigenvalue weighted by molar-refractivity contribution is -0.142. The van der Waals surface area contributed by atoms with Gasteiger partial charge in [-0.15, -0.1) is 0 Å². The fourth-order valence-corrected chi connectivity index (χ4v) is 4.92. The SMILES string of the molecule is CCC(C)(C)C(C)(CC)C(=O)C1CCC(OC2CCC(C=O)CC2)CC1. The van der Waals surface area contributed by atoms with E-state index >= 15 is 0 Å². The van der Waals surface area contributed by atoms with E-state index in [0.717, 1.165) is 70.5 Å². The molecule has 26 heavy (non-hydrogen) atoms. The number of hydrogen-bond acceptors (Lipinski definition) is 3. The Kier molecular flexibility index (Phi) is 7.47. The topological polar surface area (TPSA) is 43.4 Å². The zero-order valence-corrected chi connectivity index (χ0v) is 17.7. The number of carbonyl (C=O) groups is 2. The van der Waals surface area contributed by atoms with Gasteiger partial charge in [-0.1, -0.05) is 41.0 Å². The van der Waals surface area contributed by atoms with Gasteiger partial charge in [0.25, 0.3) is 0 Å². The Hall–Kier alpha value is -0.700. The molecule has 0 heterocycles. The van der Waals surface area contributed by atoms with Gasteiger partial charge in [-0.2, -0.15) is 0 Å². The second-order valence-corrected chi connectivity index (χ2v) is 9.57. The maximum Gasteiger partial charge on any atom is 0.142 e. The molecule has 0 aromatic heterocycles. The van der Waals surface area contributed by atoms with Crippen molar-refractivity contribution in [3.8, 4) is 0 Å². The molecule has 2 aliphatic rings. The summed E-state index contributed by atoms with van der Waals surface area (Å²) in [5.41, 5.74) is -0.184. The number of hydrogen-bond donors (Lipinski definition) is 0. The normalized spacial score (nSPS) is 32.7. The maximum absolute atomic E-state index is 13.3. The molecule has 0 aliphatic heterocycles. The van der Waals surface area contributed by atoms with Gasteiger partial charge in [0.05, 0.1) is 12.2 Å². The van der Waals surface area contributed by atoms with Gasteiger partial charge < -0.3 is 9.53 Å². The van der Waals surface area contributed by atoms with Crippen molar-refractivity contribution in [3.05, 3.63) is 0 Å². The van der Waals surface area contributed by atoms with Crippen molar-refractivity contribution in [2.75, 3.05) is 0 Å². The molecule has 1 unspecified atom stereocenters. The second-order valence-electron chi connectivity index (χ2n) is 9.57. The van der Waals surface area contributed by atoms with Crippen LogP contribution in [0.4, 0.5) is 0 Å². The molecule has 3 nitrogen and oxygen atoms in total. The first-order chi connectivity index (χ1) is 12.3. The number of Topliss-reactive ketones (excluding diaryl/α,β-unsaturated/α-hetero) is 1. The minimum absolute atomic E-state index is 0.0450. The molecule has 0 bridgehead atoms. The lowest BCUT2D eigenvalue weighted by atomic mass is 9.58. The Bertz CT molecular complexity index is 468. The third-order valence-corrected chi connectivity index (χ3v) is 7.97. The first-order valence-corrected chi connectivity index (χ1v) is 10.9. The highest BCUT2D eigenvalue weighted by Crippen LogP contribution is 2.48. The minimum Gasteiger partial charge on any atom is -0.375 e. The first kappa shape index (κ1) is 21.6. The van der Waals surface area contributed by atoms with Crippen molar-refractivity contribution >= 4 is 12.1 Å². The van der Waals surface area contributed by atoms with Gasteiger partial charge >= 0.3 is 0 Å². The van der Waals surface area contributed by atoms with Crippen LogP contribution in [0.2, 0.25) is 0 Å². The predicted octanol–water partition coefficient (Wildman–Crippen LogP) is 5.74. The summed E-state index contributed by atoms with van der Waals surface area (Å²) in [5.74, 6) is 0.935. The molecule has 0 saturated heterocycles. The van der Waals surface area contributed by atoms with Crippen LogP contribution in [-0.2, 0) is 14.3 Å². The molecule has 0 radical (unpaired) electrons. The Morgan fingerprint density at radius 3 is 1.81 bits per heavy atom. The molecule has 3 heteroatoms. The standard InChI is InChI=1S/C23H40O3/c1-6-22(3,4)23(5,7-2)21(25)18-10-14-20(15-11-18)26-19-12-8-17(16-24)9-13-19/h16-20H,6-15H2,1-5H3. The number of rotatable bonds is 8. The van der Waals surface area contributed by atoms with Crippen molar-refractivity contribution in [2.45, 2.75) is 111 Å². The first-order valence-electron chi connectivity index (χ1n) is 10.9. The highest BCUT2D eigenvalue weighted by atomic mass is 16.5. The molecular weight excluding hydrogens is 324 g/mol. The van der Waals surface area contributed by atoms with E-state index in [1.54, 1.807) is 0 Å².